The Balaban J connectivity index is 3.12. The molecule has 0 heterocycles. The molecule has 22 heteroatoms. The molecule has 0 aromatic heterocycles. The van der Waals surface area contributed by atoms with Crippen LogP contribution in [-0.2, 0) is 25.7 Å². The van der Waals surface area contributed by atoms with Crippen molar-refractivity contribution in [2.45, 2.75) is 27.6 Å². The van der Waals surface area contributed by atoms with E-state index in [2.05, 4.69) is 9.47 Å². The van der Waals surface area contributed by atoms with E-state index < -0.39 is 107 Å². The van der Waals surface area contributed by atoms with Crippen LogP contribution < -0.4 is 9.47 Å². The molecule has 2 rings (SSSR count). The van der Waals surface area contributed by atoms with Crippen molar-refractivity contribution in [2.24, 2.45) is 0 Å². The van der Waals surface area contributed by atoms with Crippen LogP contribution in [0.3, 0.4) is 0 Å². The highest BCUT2D eigenvalue weighted by Gasteiger charge is 2.72. The average molecular weight is 656 g/mol. The molecule has 0 unspecified atom stereocenters. The third-order valence-corrected chi connectivity index (χ3v) is 6.61. The van der Waals surface area contributed by atoms with Crippen molar-refractivity contribution in [3.8, 4) is 11.5 Å². The molecular weight excluding hydrogens is 648 g/mol. The Morgan fingerprint density at radius 2 is 0.878 bits per heavy atom. The summed E-state index contributed by atoms with van der Waals surface area (Å²) in [7, 11) is -12.0. The summed E-state index contributed by atoms with van der Waals surface area (Å²) in [6.07, 6.45) is -19.9. The number of benzene rings is 2. The maximum atomic E-state index is 14.4. The first-order valence-electron chi connectivity index (χ1n) is 9.50. The molecule has 0 aliphatic heterocycles. The molecule has 8 nitrogen and oxygen atoms in total. The fraction of sp³-hybridized carbons (Fsp3) is 0.158. The minimum absolute atomic E-state index is 0.210. The van der Waals surface area contributed by atoms with Crippen molar-refractivity contribution in [3.63, 3.8) is 0 Å². The first-order chi connectivity index (χ1) is 18.4. The van der Waals surface area contributed by atoms with Crippen molar-refractivity contribution in [1.29, 1.82) is 0 Å². The van der Waals surface area contributed by atoms with E-state index in [-0.39, 0.29) is 24.3 Å². The van der Waals surface area contributed by atoms with Gasteiger partial charge in [-0.15, -0.1) is 0 Å². The number of ether oxygens (including phenoxy) is 2. The largest absolute Gasteiger partial charge is 0.426 e. The van der Waals surface area contributed by atoms with Gasteiger partial charge in [0.25, 0.3) is 20.2 Å². The monoisotopic (exact) mass is 656 g/mol. The molecule has 0 aliphatic carbocycles. The van der Waals surface area contributed by atoms with Crippen LogP contribution >= 0.6 is 0 Å². The molecule has 41 heavy (non-hydrogen) atoms. The molecule has 0 spiro atoms. The second kappa shape index (κ2) is 11.1. The first-order valence-corrected chi connectivity index (χ1v) is 12.4. The number of hydrogen-bond donors (Lipinski definition) is 2. The van der Waals surface area contributed by atoms with Crippen molar-refractivity contribution in [2.75, 3.05) is 0 Å². The van der Waals surface area contributed by atoms with E-state index in [4.69, 9.17) is 0 Å². The minimum atomic E-state index is -6.67. The Labute approximate surface area is 219 Å². The zero-order chi connectivity index (χ0) is 31.9. The second-order valence-corrected chi connectivity index (χ2v) is 10.1. The van der Waals surface area contributed by atoms with E-state index in [1.54, 1.807) is 0 Å². The molecule has 0 atom stereocenters. The third-order valence-electron chi connectivity index (χ3n) is 4.86. The summed E-state index contributed by atoms with van der Waals surface area (Å²) in [5.41, 5.74) is -10.0. The van der Waals surface area contributed by atoms with Gasteiger partial charge in [0.15, 0.2) is 11.5 Å². The fourth-order valence-electron chi connectivity index (χ4n) is 3.31. The van der Waals surface area contributed by atoms with Gasteiger partial charge in [0.2, 0.25) is 5.41 Å². The lowest BCUT2D eigenvalue weighted by Gasteiger charge is -2.38. The molecule has 0 bridgehead atoms. The van der Waals surface area contributed by atoms with Gasteiger partial charge in [0.1, 0.15) is 9.79 Å². The van der Waals surface area contributed by atoms with Gasteiger partial charge in [0.05, 0.1) is 0 Å². The summed E-state index contributed by atoms with van der Waals surface area (Å²) in [6.45, 7) is 0. The zero-order valence-electron chi connectivity index (χ0n) is 18.7. The van der Waals surface area contributed by atoms with E-state index in [0.29, 0.717) is 0 Å². The molecule has 0 saturated heterocycles. The maximum Gasteiger partial charge on any atom is 0.411 e. The fourth-order valence-corrected chi connectivity index (χ4v) is 4.59. The standard InChI is InChI=1S/C19H8F12O8S2/c20-13(21)15(24)38-9-3-1-7(5-11(9)40(32,33)34)17(18(26,27)28,19(29,30)31)8-2-4-10(39-16(25)14(22)23)12(6-8)41(35,36)37/h1-6H,(H,32,33,34)(H,35,36,37). The number of alkyl halides is 6. The first kappa shape index (κ1) is 33.7. The topological polar surface area (TPSA) is 127 Å². The van der Waals surface area contributed by atoms with Gasteiger partial charge in [-0.2, -0.15) is 69.5 Å². The second-order valence-electron chi connectivity index (χ2n) is 7.29. The summed E-state index contributed by atoms with van der Waals surface area (Å²) >= 11 is 0. The van der Waals surface area contributed by atoms with Crippen molar-refractivity contribution in [1.82, 2.24) is 0 Å². The number of hydrogen-bond acceptors (Lipinski definition) is 6. The van der Waals surface area contributed by atoms with Gasteiger partial charge in [-0.05, 0) is 35.4 Å². The molecule has 0 amide bonds. The molecule has 0 saturated carbocycles. The lowest BCUT2D eigenvalue weighted by atomic mass is 9.73. The van der Waals surface area contributed by atoms with Crippen LogP contribution in [0.2, 0.25) is 0 Å². The quantitative estimate of drug-likeness (QED) is 0.190. The SMILES string of the molecule is O=S(=O)(O)c1cc(C(c2ccc(OC(F)=C(F)F)c(S(=O)(=O)O)c2)(C(F)(F)F)C(F)(F)F)ccc1OC(F)=C(F)F. The van der Waals surface area contributed by atoms with E-state index in [1.807, 2.05) is 0 Å². The Kier molecular flexibility index (Phi) is 9.09. The predicted molar refractivity (Wildman–Crippen MR) is 107 cm³/mol. The Bertz CT molecular complexity index is 1500. The number of halogens is 12. The van der Waals surface area contributed by atoms with E-state index in [0.717, 1.165) is 0 Å². The van der Waals surface area contributed by atoms with Gasteiger partial charge in [-0.25, -0.2) is 0 Å². The van der Waals surface area contributed by atoms with Crippen molar-refractivity contribution < 1.29 is 88.1 Å². The minimum Gasteiger partial charge on any atom is -0.426 e. The van der Waals surface area contributed by atoms with Crippen LogP contribution in [-0.4, -0.2) is 38.3 Å². The summed E-state index contributed by atoms with van der Waals surface area (Å²) in [5.74, 6) is -3.48. The highest BCUT2D eigenvalue weighted by molar-refractivity contribution is 7.86. The van der Waals surface area contributed by atoms with Gasteiger partial charge in [-0.3, -0.25) is 9.11 Å². The van der Waals surface area contributed by atoms with Crippen LogP contribution in [0.4, 0.5) is 52.7 Å². The predicted octanol–water partition coefficient (Wildman–Crippen LogP) is 6.42. The van der Waals surface area contributed by atoms with E-state index in [9.17, 15) is 78.6 Å². The number of rotatable bonds is 8. The van der Waals surface area contributed by atoms with Crippen LogP contribution in [0.15, 0.2) is 70.4 Å². The van der Waals surface area contributed by atoms with Gasteiger partial charge >= 0.3 is 36.5 Å². The maximum absolute atomic E-state index is 14.4. The van der Waals surface area contributed by atoms with Crippen LogP contribution in [0.25, 0.3) is 0 Å². The lowest BCUT2D eigenvalue weighted by Crippen LogP contribution is -2.54. The molecule has 228 valence electrons. The molecule has 0 aliphatic rings. The highest BCUT2D eigenvalue weighted by atomic mass is 32.2. The Hall–Kier alpha value is -3.50. The summed E-state index contributed by atoms with van der Waals surface area (Å²) < 4.78 is 235. The van der Waals surface area contributed by atoms with Crippen LogP contribution in [0, 0.1) is 0 Å². The van der Waals surface area contributed by atoms with Gasteiger partial charge in [0, 0.05) is 0 Å². The Morgan fingerprint density at radius 3 is 1.10 bits per heavy atom. The molecule has 2 N–H and O–H groups in total. The normalized spacial score (nSPS) is 13.0. The van der Waals surface area contributed by atoms with Crippen molar-refractivity contribution >= 4 is 20.2 Å². The van der Waals surface area contributed by atoms with Crippen LogP contribution in [0.1, 0.15) is 11.1 Å². The van der Waals surface area contributed by atoms with Crippen molar-refractivity contribution in [3.05, 3.63) is 71.7 Å². The average Bonchev–Trinajstić information content (AvgIpc) is 2.77. The van der Waals surface area contributed by atoms with E-state index >= 15 is 0 Å². The summed E-state index contributed by atoms with van der Waals surface area (Å²) in [4.78, 5) is -4.24. The van der Waals surface area contributed by atoms with E-state index in [1.165, 1.54) is 0 Å². The molecule has 2 aromatic rings. The molecular formula is C19H8F12O8S2. The summed E-state index contributed by atoms with van der Waals surface area (Å²) in [6, 6.07) is -8.00. The molecule has 2 aromatic carbocycles. The van der Waals surface area contributed by atoms with Gasteiger partial charge in [-0.1, -0.05) is 12.1 Å². The smallest absolute Gasteiger partial charge is 0.411 e. The molecule has 0 fully saturated rings. The third kappa shape index (κ3) is 6.70. The van der Waals surface area contributed by atoms with Gasteiger partial charge < -0.3 is 9.47 Å². The lowest BCUT2D eigenvalue weighted by molar-refractivity contribution is -0.288. The van der Waals surface area contributed by atoms with Crippen LogP contribution in [0.5, 0.6) is 11.5 Å². The summed E-state index contributed by atoms with van der Waals surface area (Å²) in [5, 5.41) is 0. The molecule has 0 radical (unpaired) electrons. The zero-order valence-corrected chi connectivity index (χ0v) is 20.3. The highest BCUT2D eigenvalue weighted by Crippen LogP contribution is 2.57. The Morgan fingerprint density at radius 1 is 0.585 bits per heavy atom.